The number of carbonyl (C=O) groups excluding carboxylic acids is 2. The van der Waals surface area contributed by atoms with Crippen molar-refractivity contribution >= 4 is 31.5 Å². The molecule has 2 amide bonds. The number of aryl methyl sites for hydroxylation is 1. The number of nitrogens with one attached hydrogen (secondary N) is 1. The molecule has 0 bridgehead atoms. The molecule has 2 fully saturated rings. The summed E-state index contributed by atoms with van der Waals surface area (Å²) in [5.41, 5.74) is 2.12. The molecule has 0 saturated carbocycles. The molecule has 7 rings (SSSR count). The predicted octanol–water partition coefficient (Wildman–Crippen LogP) is 1.58. The van der Waals surface area contributed by atoms with Crippen molar-refractivity contribution < 1.29 is 54.1 Å². The Morgan fingerprint density at radius 3 is 2.40 bits per heavy atom. The van der Waals surface area contributed by atoms with Gasteiger partial charge in [0.15, 0.2) is 26.3 Å². The average Bonchev–Trinajstić information content (AvgIpc) is 3.85. The number of hydrogen-bond acceptors (Lipinski definition) is 13. The van der Waals surface area contributed by atoms with E-state index in [0.717, 1.165) is 11.1 Å². The second-order valence-electron chi connectivity index (χ2n) is 15.6. The number of ether oxygens (including phenoxy) is 3. The number of nitrogens with zero attached hydrogens (tertiary/aromatic N) is 4. The number of aliphatic hydroxyl groups is 5. The number of fused-ring (bicyclic) bond motifs is 2. The molecule has 3 aromatic carbocycles. The summed E-state index contributed by atoms with van der Waals surface area (Å²) in [5, 5.41) is 61.3. The highest BCUT2D eigenvalue weighted by Gasteiger charge is 2.66. The maximum atomic E-state index is 14.9. The van der Waals surface area contributed by atoms with E-state index in [9.17, 15) is 39.9 Å². The van der Waals surface area contributed by atoms with Gasteiger partial charge in [-0.3, -0.25) is 14.3 Å². The van der Waals surface area contributed by atoms with Crippen LogP contribution < -0.4 is 15.0 Å². The maximum Gasteiger partial charge on any atom is 0.264 e. The molecule has 3 aliphatic heterocycles. The largest absolute Gasteiger partial charge is 0.497 e. The van der Waals surface area contributed by atoms with Crippen LogP contribution in [0.5, 0.6) is 5.75 Å². The summed E-state index contributed by atoms with van der Waals surface area (Å²) >= 11 is 0. The zero-order valence-electron chi connectivity index (χ0n) is 32.0. The molecule has 4 aromatic rings. The third kappa shape index (κ3) is 7.50. The van der Waals surface area contributed by atoms with Gasteiger partial charge in [-0.25, -0.2) is 0 Å². The minimum atomic E-state index is -2.97. The van der Waals surface area contributed by atoms with Gasteiger partial charge < -0.3 is 54.8 Å². The average molecular weight is 804 g/mol. The van der Waals surface area contributed by atoms with E-state index in [4.69, 9.17) is 14.2 Å². The fourth-order valence-electron chi connectivity index (χ4n) is 8.67. The summed E-state index contributed by atoms with van der Waals surface area (Å²) in [5.74, 6) is -1.32. The Bertz CT molecular complexity index is 2060. The fourth-order valence-corrected chi connectivity index (χ4v) is 11.3. The second-order valence-corrected chi connectivity index (χ2v) is 19.6. The van der Waals surface area contributed by atoms with Crippen LogP contribution >= 0.6 is 0 Å². The van der Waals surface area contributed by atoms with E-state index < -0.39 is 62.6 Å². The molecule has 0 radical (unpaired) electrons. The third-order valence-electron chi connectivity index (χ3n) is 11.5. The van der Waals surface area contributed by atoms with Crippen LogP contribution in [0.4, 0.5) is 11.4 Å². The molecule has 1 unspecified atom stereocenters. The molecular weight excluding hydrogens is 755 g/mol. The number of amides is 2. The molecule has 0 aliphatic carbocycles. The van der Waals surface area contributed by atoms with E-state index >= 15 is 0 Å². The summed E-state index contributed by atoms with van der Waals surface area (Å²) in [6.07, 6.45) is -7.08. The lowest BCUT2D eigenvalue weighted by Gasteiger charge is -2.37. The topological polar surface area (TPSA) is 229 Å². The van der Waals surface area contributed by atoms with Crippen molar-refractivity contribution in [2.75, 3.05) is 23.9 Å². The Balaban J connectivity index is 1.11. The minimum Gasteiger partial charge on any atom is -0.497 e. The highest BCUT2D eigenvalue weighted by atomic mass is 28.4. The van der Waals surface area contributed by atoms with Gasteiger partial charge in [0, 0.05) is 35.5 Å². The molecule has 16 nitrogen and oxygen atoms in total. The monoisotopic (exact) mass is 803 g/mol. The van der Waals surface area contributed by atoms with Crippen molar-refractivity contribution in [2.45, 2.75) is 93.4 Å². The number of aliphatic hydroxyl groups excluding tert-OH is 5. The molecule has 1 spiro atoms. The van der Waals surface area contributed by atoms with Crippen LogP contribution in [0.15, 0.2) is 79.0 Å². The van der Waals surface area contributed by atoms with Crippen molar-refractivity contribution in [1.82, 2.24) is 15.0 Å². The zero-order valence-corrected chi connectivity index (χ0v) is 33.0. The minimum absolute atomic E-state index is 0.131. The van der Waals surface area contributed by atoms with E-state index in [0.29, 0.717) is 41.3 Å². The first-order valence-corrected chi connectivity index (χ1v) is 21.9. The van der Waals surface area contributed by atoms with E-state index in [2.05, 4.69) is 15.6 Å². The van der Waals surface area contributed by atoms with Gasteiger partial charge in [-0.15, -0.1) is 5.10 Å². The molecule has 304 valence electrons. The SMILES string of the molecule is COc1ccc2c(c1)[C@@]1(O[C@H](CCn3cc(C(CO)c4ccccc4)nn3)[C@@H]([Si](C)(C)O)[C@@H]1C)C(=O)N2Cc1ccc(NC(=O)[C@H]2O[C@@H](O)[C@H](O)[C@@H](O)[C@@H]2O)cc1. The lowest BCUT2D eigenvalue weighted by Crippen LogP contribution is -2.60. The first kappa shape index (κ1) is 40.6. The molecule has 1 aromatic heterocycles. The summed E-state index contributed by atoms with van der Waals surface area (Å²) in [6, 6.07) is 21.7. The summed E-state index contributed by atoms with van der Waals surface area (Å²) in [4.78, 5) is 41.2. The van der Waals surface area contributed by atoms with Gasteiger partial charge in [0.2, 0.25) is 0 Å². The number of anilines is 2. The number of carbonyl (C=O) groups is 2. The van der Waals surface area contributed by atoms with Crippen LogP contribution in [0.2, 0.25) is 18.6 Å². The quantitative estimate of drug-likeness (QED) is 0.101. The molecule has 3 aliphatic rings. The van der Waals surface area contributed by atoms with E-state index in [1.807, 2.05) is 68.7 Å². The van der Waals surface area contributed by atoms with Gasteiger partial charge >= 0.3 is 0 Å². The number of aromatic nitrogens is 3. The Hall–Kier alpha value is -4.56. The number of rotatable bonds is 12. The highest BCUT2D eigenvalue weighted by Crippen LogP contribution is 2.60. The number of hydrogen-bond donors (Lipinski definition) is 7. The van der Waals surface area contributed by atoms with Crippen molar-refractivity contribution in [1.29, 1.82) is 0 Å². The lowest BCUT2D eigenvalue weighted by molar-refractivity contribution is -0.274. The Kier molecular flexibility index (Phi) is 11.4. The first-order chi connectivity index (χ1) is 27.2. The van der Waals surface area contributed by atoms with Crippen LogP contribution in [0.3, 0.4) is 0 Å². The Labute approximate surface area is 330 Å². The van der Waals surface area contributed by atoms with Crippen molar-refractivity contribution in [3.05, 3.63) is 101 Å². The fraction of sp³-hybridized carbons (Fsp3) is 0.450. The van der Waals surface area contributed by atoms with E-state index in [1.54, 1.807) is 47.0 Å². The van der Waals surface area contributed by atoms with E-state index in [-0.39, 0.29) is 30.5 Å². The Morgan fingerprint density at radius 2 is 1.74 bits per heavy atom. The van der Waals surface area contributed by atoms with Crippen molar-refractivity contribution in [3.63, 3.8) is 0 Å². The second kappa shape index (κ2) is 16.0. The number of benzene rings is 3. The summed E-state index contributed by atoms with van der Waals surface area (Å²) in [6.45, 7) is 6.10. The summed E-state index contributed by atoms with van der Waals surface area (Å²) < 4.78 is 19.3. The molecule has 7 N–H and O–H groups in total. The third-order valence-corrected chi connectivity index (χ3v) is 14.0. The molecule has 10 atom stereocenters. The van der Waals surface area contributed by atoms with Crippen molar-refractivity contribution in [3.8, 4) is 5.75 Å². The first-order valence-electron chi connectivity index (χ1n) is 18.9. The highest BCUT2D eigenvalue weighted by molar-refractivity contribution is 6.71. The molecule has 4 heterocycles. The maximum absolute atomic E-state index is 14.9. The molecule has 2 saturated heterocycles. The van der Waals surface area contributed by atoms with Gasteiger partial charge in [-0.1, -0.05) is 54.6 Å². The molecular formula is C40H49N5O11Si. The van der Waals surface area contributed by atoms with Crippen LogP contribution in [0.1, 0.15) is 41.6 Å². The van der Waals surface area contributed by atoms with E-state index in [1.165, 1.54) is 0 Å². The number of methoxy groups -OCH3 is 1. The standard InChI is InChI=1S/C40H49N5O11Si/c1-22-36(57(3,4)53)31(16-17-44-20-29(42-43-44)27(21-46)24-8-6-5-7-9-24)56-40(22)28-18-26(54-2)14-15-30(28)45(39(40)52)19-23-10-12-25(13-11-23)41-37(50)35-33(48)32(47)34(49)38(51)55-35/h5-15,18,20,22,27,31-36,38,46-49,51,53H,16-17,19,21H2,1-4H3,(H,41,50)/t22-,27?,31+,32-,33-,34+,35-,36-,38+,40+/m0/s1. The molecule has 17 heteroatoms. The van der Waals surface area contributed by atoms with Crippen LogP contribution in [0.25, 0.3) is 0 Å². The normalized spacial score (nSPS) is 29.1. The lowest BCUT2D eigenvalue weighted by atomic mass is 9.82. The van der Waals surface area contributed by atoms with Crippen molar-refractivity contribution in [2.24, 2.45) is 5.92 Å². The van der Waals surface area contributed by atoms with Gasteiger partial charge in [0.05, 0.1) is 43.7 Å². The van der Waals surface area contributed by atoms with Gasteiger partial charge in [-0.05, 0) is 61.0 Å². The van der Waals surface area contributed by atoms with Crippen LogP contribution in [-0.4, -0.2) is 116 Å². The Morgan fingerprint density at radius 1 is 1.02 bits per heavy atom. The van der Waals surface area contributed by atoms with Gasteiger partial charge in [0.25, 0.3) is 11.8 Å². The van der Waals surface area contributed by atoms with Crippen LogP contribution in [-0.2, 0) is 37.8 Å². The van der Waals surface area contributed by atoms with Crippen LogP contribution in [0, 0.1) is 5.92 Å². The van der Waals surface area contributed by atoms with Gasteiger partial charge in [0.1, 0.15) is 24.1 Å². The predicted molar refractivity (Wildman–Crippen MR) is 207 cm³/mol. The smallest absolute Gasteiger partial charge is 0.264 e. The van der Waals surface area contributed by atoms with Gasteiger partial charge in [-0.2, -0.15) is 0 Å². The zero-order chi connectivity index (χ0) is 40.8. The molecule has 57 heavy (non-hydrogen) atoms. The summed E-state index contributed by atoms with van der Waals surface area (Å²) in [7, 11) is -1.41.